The predicted octanol–water partition coefficient (Wildman–Crippen LogP) is 5.64. The molecule has 1 amide bonds. The summed E-state index contributed by atoms with van der Waals surface area (Å²) in [4.78, 5) is 17.7. The Bertz CT molecular complexity index is 809. The van der Waals surface area contributed by atoms with Crippen LogP contribution in [0.25, 0.3) is 0 Å². The summed E-state index contributed by atoms with van der Waals surface area (Å²) in [5.41, 5.74) is 2.53. The maximum Gasteiger partial charge on any atom is 0.223 e. The zero-order chi connectivity index (χ0) is 20.6. The van der Waals surface area contributed by atoms with Crippen molar-refractivity contribution in [1.82, 2.24) is 9.80 Å². The fraction of sp³-hybridized carbons (Fsp3) is 0.400. The van der Waals surface area contributed by atoms with Gasteiger partial charge in [0.05, 0.1) is 0 Å². The molecule has 0 N–H and O–H groups in total. The summed E-state index contributed by atoms with van der Waals surface area (Å²) >= 11 is 1.72. The normalized spacial score (nSPS) is 28.2. The molecule has 1 saturated heterocycles. The number of carbonyl (C=O) groups is 1. The van der Waals surface area contributed by atoms with E-state index in [0.717, 1.165) is 6.42 Å². The second-order valence-electron chi connectivity index (χ2n) is 7.95. The maximum atomic E-state index is 12.1. The number of rotatable bonds is 5. The molecule has 0 spiro atoms. The highest BCUT2D eigenvalue weighted by Crippen LogP contribution is 2.28. The standard InChI is InChI=1S/C25H32N2OS/c1-20-17-22(13-16-29-25-11-5-4-6-12-25)9-7-15-27(21(2)28)19-23(20)18-24-10-8-14-26(24)3/h4-7,9,11-13,16-17,19-20,24H,8,10,14-15,18H2,1-3H3/b9-7-,16-13+,22-17+,23-19-. The molecule has 0 aromatic heterocycles. The van der Waals surface area contributed by atoms with Gasteiger partial charge in [0.2, 0.25) is 5.91 Å². The van der Waals surface area contributed by atoms with Crippen LogP contribution < -0.4 is 0 Å². The third-order valence-electron chi connectivity index (χ3n) is 5.72. The second kappa shape index (κ2) is 10.7. The van der Waals surface area contributed by atoms with Crippen LogP contribution in [0, 0.1) is 5.92 Å². The lowest BCUT2D eigenvalue weighted by molar-refractivity contribution is -0.125. The molecular formula is C25H32N2OS. The maximum absolute atomic E-state index is 12.1. The summed E-state index contributed by atoms with van der Waals surface area (Å²) < 4.78 is 0. The Morgan fingerprint density at radius 3 is 2.76 bits per heavy atom. The number of likely N-dealkylation sites (tertiary alicyclic amines) is 1. The van der Waals surface area contributed by atoms with E-state index in [9.17, 15) is 4.79 Å². The van der Waals surface area contributed by atoms with Crippen LogP contribution in [-0.4, -0.2) is 41.9 Å². The first-order chi connectivity index (χ1) is 14.0. The first-order valence-corrected chi connectivity index (χ1v) is 11.4. The zero-order valence-corrected chi connectivity index (χ0v) is 18.6. The van der Waals surface area contributed by atoms with E-state index in [1.54, 1.807) is 18.7 Å². The molecule has 1 aromatic rings. The van der Waals surface area contributed by atoms with Crippen LogP contribution in [0.2, 0.25) is 0 Å². The lowest BCUT2D eigenvalue weighted by atomic mass is 9.92. The summed E-state index contributed by atoms with van der Waals surface area (Å²) in [6.07, 6.45) is 14.3. The van der Waals surface area contributed by atoms with Crippen LogP contribution in [0.4, 0.5) is 0 Å². The van der Waals surface area contributed by atoms with Gasteiger partial charge in [-0.1, -0.05) is 55.1 Å². The van der Waals surface area contributed by atoms with E-state index in [1.807, 2.05) is 11.0 Å². The van der Waals surface area contributed by atoms with E-state index in [0.29, 0.717) is 12.6 Å². The molecule has 1 fully saturated rings. The highest BCUT2D eigenvalue weighted by Gasteiger charge is 2.24. The summed E-state index contributed by atoms with van der Waals surface area (Å²) in [5.74, 6) is 0.382. The molecule has 2 heterocycles. The van der Waals surface area contributed by atoms with E-state index in [-0.39, 0.29) is 11.8 Å². The molecule has 0 saturated carbocycles. The van der Waals surface area contributed by atoms with Crippen LogP contribution in [0.5, 0.6) is 0 Å². The molecule has 3 nitrogen and oxygen atoms in total. The Hall–Kier alpha value is -2.04. The van der Waals surface area contributed by atoms with E-state index < -0.39 is 0 Å². The lowest BCUT2D eigenvalue weighted by Crippen LogP contribution is -2.28. The van der Waals surface area contributed by atoms with Gasteiger partial charge >= 0.3 is 0 Å². The zero-order valence-electron chi connectivity index (χ0n) is 17.8. The molecule has 1 aromatic carbocycles. The minimum absolute atomic E-state index is 0.0951. The molecular weight excluding hydrogens is 376 g/mol. The highest BCUT2D eigenvalue weighted by atomic mass is 32.2. The number of allylic oxidation sites excluding steroid dienone is 4. The smallest absolute Gasteiger partial charge is 0.223 e. The van der Waals surface area contributed by atoms with Gasteiger partial charge in [0, 0.05) is 30.6 Å². The van der Waals surface area contributed by atoms with Gasteiger partial charge in [-0.25, -0.2) is 0 Å². The van der Waals surface area contributed by atoms with Crippen LogP contribution >= 0.6 is 11.8 Å². The van der Waals surface area contributed by atoms with Crippen molar-refractivity contribution in [1.29, 1.82) is 0 Å². The topological polar surface area (TPSA) is 23.6 Å². The van der Waals surface area contributed by atoms with Crippen molar-refractivity contribution in [3.05, 3.63) is 77.4 Å². The average Bonchev–Trinajstić information content (AvgIpc) is 3.13. The van der Waals surface area contributed by atoms with E-state index >= 15 is 0 Å². The predicted molar refractivity (Wildman–Crippen MR) is 124 cm³/mol. The van der Waals surface area contributed by atoms with E-state index in [1.165, 1.54) is 35.4 Å². The number of benzene rings is 1. The minimum atomic E-state index is 0.0951. The van der Waals surface area contributed by atoms with Crippen LogP contribution in [0.15, 0.2) is 82.3 Å². The molecule has 2 aliphatic heterocycles. The molecule has 2 aliphatic rings. The number of hydrogen-bond acceptors (Lipinski definition) is 3. The van der Waals surface area contributed by atoms with Gasteiger partial charge in [0.25, 0.3) is 0 Å². The molecule has 2 unspecified atom stereocenters. The van der Waals surface area contributed by atoms with Crippen molar-refractivity contribution in [3.8, 4) is 0 Å². The van der Waals surface area contributed by atoms with Gasteiger partial charge in [-0.2, -0.15) is 0 Å². The number of amides is 1. The van der Waals surface area contributed by atoms with Gasteiger partial charge < -0.3 is 9.80 Å². The summed E-state index contributed by atoms with van der Waals surface area (Å²) in [7, 11) is 2.22. The highest BCUT2D eigenvalue weighted by molar-refractivity contribution is 8.02. The fourth-order valence-electron chi connectivity index (χ4n) is 3.89. The van der Waals surface area contributed by atoms with Crippen molar-refractivity contribution in [2.75, 3.05) is 20.1 Å². The molecule has 29 heavy (non-hydrogen) atoms. The monoisotopic (exact) mass is 408 g/mol. The Kier molecular flexibility index (Phi) is 7.96. The third-order valence-corrected chi connectivity index (χ3v) is 6.53. The molecule has 0 radical (unpaired) electrons. The third kappa shape index (κ3) is 6.48. The van der Waals surface area contributed by atoms with Crippen molar-refractivity contribution in [3.63, 3.8) is 0 Å². The number of hydrogen-bond donors (Lipinski definition) is 0. The Morgan fingerprint density at radius 1 is 1.28 bits per heavy atom. The molecule has 154 valence electrons. The van der Waals surface area contributed by atoms with Gasteiger partial charge in [-0.3, -0.25) is 4.79 Å². The van der Waals surface area contributed by atoms with Gasteiger partial charge in [0.15, 0.2) is 0 Å². The quantitative estimate of drug-likeness (QED) is 0.589. The first kappa shape index (κ1) is 21.7. The Balaban J connectivity index is 1.78. The van der Waals surface area contributed by atoms with Crippen LogP contribution in [0.3, 0.4) is 0 Å². The lowest BCUT2D eigenvalue weighted by Gasteiger charge is -2.25. The second-order valence-corrected chi connectivity index (χ2v) is 8.93. The van der Waals surface area contributed by atoms with Crippen molar-refractivity contribution < 1.29 is 4.79 Å². The van der Waals surface area contributed by atoms with Gasteiger partial charge in [0.1, 0.15) is 0 Å². The Labute approximate surface area is 179 Å². The van der Waals surface area contributed by atoms with Crippen LogP contribution in [-0.2, 0) is 4.79 Å². The van der Waals surface area contributed by atoms with Gasteiger partial charge in [-0.05, 0) is 73.5 Å². The summed E-state index contributed by atoms with van der Waals surface area (Å²) in [6, 6.07) is 11.0. The summed E-state index contributed by atoms with van der Waals surface area (Å²) in [6.45, 7) is 5.68. The fourth-order valence-corrected chi connectivity index (χ4v) is 4.59. The average molecular weight is 409 g/mol. The van der Waals surface area contributed by atoms with Gasteiger partial charge in [-0.15, -0.1) is 0 Å². The number of carbonyl (C=O) groups excluding carboxylic acids is 1. The number of thioether (sulfide) groups is 1. The molecule has 2 atom stereocenters. The van der Waals surface area contributed by atoms with Crippen LogP contribution in [0.1, 0.15) is 33.1 Å². The summed E-state index contributed by atoms with van der Waals surface area (Å²) in [5, 5.41) is 2.15. The molecule has 4 heteroatoms. The largest absolute Gasteiger partial charge is 0.316 e. The van der Waals surface area contributed by atoms with Crippen molar-refractivity contribution in [2.24, 2.45) is 5.92 Å². The van der Waals surface area contributed by atoms with E-state index in [2.05, 4.69) is 79.0 Å². The van der Waals surface area contributed by atoms with E-state index in [4.69, 9.17) is 0 Å². The SMILES string of the molecule is CC(=O)N1/C=C(/CC2CCCN2C)C(C)/C=C(/C=C/Sc2ccccc2)\C=C/C1. The van der Waals surface area contributed by atoms with Crippen molar-refractivity contribution >= 4 is 17.7 Å². The number of nitrogens with zero attached hydrogens (tertiary/aromatic N) is 2. The molecule has 0 bridgehead atoms. The first-order valence-electron chi connectivity index (χ1n) is 10.5. The minimum Gasteiger partial charge on any atom is -0.316 e. The molecule has 3 rings (SSSR count). The molecule has 0 aliphatic carbocycles. The Morgan fingerprint density at radius 2 is 2.07 bits per heavy atom. The van der Waals surface area contributed by atoms with Crippen molar-refractivity contribution in [2.45, 2.75) is 44.0 Å².